The van der Waals surface area contributed by atoms with Crippen molar-refractivity contribution in [3.05, 3.63) is 34.9 Å². The zero-order valence-corrected chi connectivity index (χ0v) is 14.9. The third-order valence-electron chi connectivity index (χ3n) is 3.97. The number of aromatic nitrogens is 3. The van der Waals surface area contributed by atoms with Gasteiger partial charge in [-0.1, -0.05) is 6.07 Å². The van der Waals surface area contributed by atoms with Crippen molar-refractivity contribution in [2.75, 3.05) is 14.2 Å². The maximum absolute atomic E-state index is 12.5. The van der Waals surface area contributed by atoms with Crippen molar-refractivity contribution in [3.63, 3.8) is 0 Å². The highest BCUT2D eigenvalue weighted by Gasteiger charge is 2.25. The van der Waals surface area contributed by atoms with Crippen molar-refractivity contribution >= 4 is 12.2 Å². The molecule has 136 valence electrons. The number of halogens is 2. The van der Waals surface area contributed by atoms with Gasteiger partial charge in [0, 0.05) is 12.6 Å². The molecular formula is C16H20F2N4O2S. The average Bonchev–Trinajstić information content (AvgIpc) is 3.33. The van der Waals surface area contributed by atoms with Gasteiger partial charge in [-0.25, -0.2) is 4.68 Å². The Kier molecular flexibility index (Phi) is 5.33. The fourth-order valence-electron chi connectivity index (χ4n) is 2.65. The van der Waals surface area contributed by atoms with Crippen molar-refractivity contribution in [2.45, 2.75) is 38.7 Å². The molecule has 9 heteroatoms. The number of ether oxygens (including phenoxy) is 2. The lowest BCUT2D eigenvalue weighted by Crippen LogP contribution is -2.22. The summed E-state index contributed by atoms with van der Waals surface area (Å²) in [6.07, 6.45) is 4.07. The van der Waals surface area contributed by atoms with E-state index in [1.54, 1.807) is 23.1 Å². The molecule has 3 rings (SSSR count). The second kappa shape index (κ2) is 7.49. The van der Waals surface area contributed by atoms with Crippen LogP contribution in [0.15, 0.2) is 24.5 Å². The molecule has 2 aromatic rings. The number of methoxy groups -OCH3 is 1. The number of hydrogen-bond donors (Lipinski definition) is 0. The molecule has 0 amide bonds. The lowest BCUT2D eigenvalue weighted by molar-refractivity contribution is -0.0512. The van der Waals surface area contributed by atoms with E-state index in [2.05, 4.69) is 9.84 Å². The Morgan fingerprint density at radius 1 is 1.36 bits per heavy atom. The molecule has 0 bridgehead atoms. The molecule has 6 nitrogen and oxygen atoms in total. The monoisotopic (exact) mass is 370 g/mol. The number of nitrogens with zero attached hydrogens (tertiary/aromatic N) is 4. The van der Waals surface area contributed by atoms with E-state index in [4.69, 9.17) is 17.0 Å². The van der Waals surface area contributed by atoms with E-state index in [1.165, 1.54) is 7.11 Å². The molecule has 0 saturated heterocycles. The molecule has 0 atom stereocenters. The predicted octanol–water partition coefficient (Wildman–Crippen LogP) is 3.45. The quantitative estimate of drug-likeness (QED) is 0.666. The standard InChI is InChI=1S/C16H20F2N4O2S/c1-20(10-22-16(25)21(9-19-22)12-4-5-12)8-11-3-6-13(23-2)14(7-11)24-15(17)18/h3,6-7,9,12,15H,4-5,8,10H2,1-2H3. The molecule has 0 unspecified atom stereocenters. The normalized spacial score (nSPS) is 14.3. The Bertz CT molecular complexity index is 789. The Morgan fingerprint density at radius 3 is 2.76 bits per heavy atom. The van der Waals surface area contributed by atoms with Crippen LogP contribution in [0.5, 0.6) is 11.5 Å². The maximum Gasteiger partial charge on any atom is 0.387 e. The van der Waals surface area contributed by atoms with E-state index in [0.717, 1.165) is 18.4 Å². The van der Waals surface area contributed by atoms with Gasteiger partial charge >= 0.3 is 6.61 Å². The Morgan fingerprint density at radius 2 is 2.12 bits per heavy atom. The number of alkyl halides is 2. The van der Waals surface area contributed by atoms with Crippen molar-refractivity contribution in [1.82, 2.24) is 19.2 Å². The third kappa shape index (κ3) is 4.35. The molecule has 1 heterocycles. The lowest BCUT2D eigenvalue weighted by atomic mass is 10.2. The molecule has 25 heavy (non-hydrogen) atoms. The fraction of sp³-hybridized carbons (Fsp3) is 0.500. The molecule has 1 fully saturated rings. The first-order valence-electron chi connectivity index (χ1n) is 7.92. The molecule has 0 aliphatic heterocycles. The van der Waals surface area contributed by atoms with E-state index in [0.29, 0.717) is 24.0 Å². The average molecular weight is 370 g/mol. The predicted molar refractivity (Wildman–Crippen MR) is 90.4 cm³/mol. The van der Waals surface area contributed by atoms with Crippen molar-refractivity contribution < 1.29 is 18.3 Å². The van der Waals surface area contributed by atoms with Crippen LogP contribution in [0.1, 0.15) is 24.4 Å². The van der Waals surface area contributed by atoms with Crippen LogP contribution in [-0.2, 0) is 13.2 Å². The van der Waals surface area contributed by atoms with Crippen molar-refractivity contribution in [2.24, 2.45) is 0 Å². The number of rotatable bonds is 8. The van der Waals surface area contributed by atoms with Crippen molar-refractivity contribution in [3.8, 4) is 11.5 Å². The Balaban J connectivity index is 1.68. The number of hydrogen-bond acceptors (Lipinski definition) is 5. The molecule has 0 radical (unpaired) electrons. The lowest BCUT2D eigenvalue weighted by Gasteiger charge is -2.18. The van der Waals surface area contributed by atoms with Crippen LogP contribution in [-0.4, -0.2) is 40.0 Å². The van der Waals surface area contributed by atoms with Crippen LogP contribution in [0.4, 0.5) is 8.78 Å². The molecule has 1 aliphatic carbocycles. The van der Waals surface area contributed by atoms with Gasteiger partial charge < -0.3 is 14.0 Å². The zero-order chi connectivity index (χ0) is 18.0. The van der Waals surface area contributed by atoms with Gasteiger partial charge in [-0.2, -0.15) is 13.9 Å². The van der Waals surface area contributed by atoms with Crippen LogP contribution in [0.3, 0.4) is 0 Å². The second-order valence-electron chi connectivity index (χ2n) is 6.07. The zero-order valence-electron chi connectivity index (χ0n) is 14.1. The van der Waals surface area contributed by atoms with Gasteiger partial charge in [-0.05, 0) is 49.8 Å². The molecular weight excluding hydrogens is 350 g/mol. The van der Waals surface area contributed by atoms with Gasteiger partial charge in [0.15, 0.2) is 16.3 Å². The highest BCUT2D eigenvalue weighted by molar-refractivity contribution is 7.71. The molecule has 1 saturated carbocycles. The van der Waals surface area contributed by atoms with Crippen LogP contribution in [0, 0.1) is 4.77 Å². The SMILES string of the molecule is COc1ccc(CN(C)Cn2ncn(C3CC3)c2=S)cc1OC(F)F. The van der Waals surface area contributed by atoms with E-state index in [1.807, 2.05) is 22.6 Å². The summed E-state index contributed by atoms with van der Waals surface area (Å²) < 4.78 is 39.1. The molecule has 1 aromatic carbocycles. The minimum atomic E-state index is -2.90. The molecule has 0 N–H and O–H groups in total. The highest BCUT2D eigenvalue weighted by atomic mass is 32.1. The summed E-state index contributed by atoms with van der Waals surface area (Å²) in [5, 5.41) is 4.33. The summed E-state index contributed by atoms with van der Waals surface area (Å²) in [5.41, 5.74) is 0.826. The van der Waals surface area contributed by atoms with Gasteiger partial charge in [0.05, 0.1) is 13.8 Å². The van der Waals surface area contributed by atoms with Gasteiger partial charge in [0.25, 0.3) is 0 Å². The third-order valence-corrected chi connectivity index (χ3v) is 4.39. The highest BCUT2D eigenvalue weighted by Crippen LogP contribution is 2.34. The minimum absolute atomic E-state index is 0.0259. The van der Waals surface area contributed by atoms with Crippen LogP contribution < -0.4 is 9.47 Å². The van der Waals surface area contributed by atoms with Gasteiger partial charge in [0.2, 0.25) is 0 Å². The maximum atomic E-state index is 12.5. The summed E-state index contributed by atoms with van der Waals surface area (Å²) >= 11 is 5.44. The Hall–Kier alpha value is -2.00. The first-order valence-corrected chi connectivity index (χ1v) is 8.33. The molecule has 1 aromatic heterocycles. The van der Waals surface area contributed by atoms with E-state index in [-0.39, 0.29) is 11.5 Å². The summed E-state index contributed by atoms with van der Waals surface area (Å²) in [4.78, 5) is 1.99. The summed E-state index contributed by atoms with van der Waals surface area (Å²) in [6.45, 7) is -1.86. The second-order valence-corrected chi connectivity index (χ2v) is 6.44. The smallest absolute Gasteiger partial charge is 0.387 e. The Labute approximate surface area is 149 Å². The van der Waals surface area contributed by atoms with Crippen molar-refractivity contribution in [1.29, 1.82) is 0 Å². The molecule has 0 spiro atoms. The summed E-state index contributed by atoms with van der Waals surface area (Å²) in [7, 11) is 3.33. The summed E-state index contributed by atoms with van der Waals surface area (Å²) in [5.74, 6) is 0.301. The van der Waals surface area contributed by atoms with Gasteiger partial charge in [0.1, 0.15) is 6.33 Å². The van der Waals surface area contributed by atoms with E-state index in [9.17, 15) is 8.78 Å². The first kappa shape index (κ1) is 17.8. The fourth-order valence-corrected chi connectivity index (χ4v) is 2.95. The minimum Gasteiger partial charge on any atom is -0.493 e. The topological polar surface area (TPSA) is 44.5 Å². The van der Waals surface area contributed by atoms with Crippen LogP contribution in [0.2, 0.25) is 0 Å². The van der Waals surface area contributed by atoms with Gasteiger partial charge in [-0.15, -0.1) is 0 Å². The van der Waals surface area contributed by atoms with E-state index < -0.39 is 6.61 Å². The van der Waals surface area contributed by atoms with Crippen LogP contribution >= 0.6 is 12.2 Å². The van der Waals surface area contributed by atoms with Crippen LogP contribution in [0.25, 0.3) is 0 Å². The number of benzene rings is 1. The van der Waals surface area contributed by atoms with Gasteiger partial charge in [-0.3, -0.25) is 4.90 Å². The summed E-state index contributed by atoms with van der Waals surface area (Å²) in [6, 6.07) is 5.48. The largest absolute Gasteiger partial charge is 0.493 e. The first-order chi connectivity index (χ1) is 12.0. The molecule has 1 aliphatic rings. The van der Waals surface area contributed by atoms with E-state index >= 15 is 0 Å².